The molecule has 0 aliphatic rings. The topological polar surface area (TPSA) is 39.1 Å². The molecule has 0 aliphatic carbocycles. The summed E-state index contributed by atoms with van der Waals surface area (Å²) in [5.74, 6) is 0.933. The van der Waals surface area contributed by atoms with Gasteiger partial charge in [-0.3, -0.25) is 4.68 Å². The molecule has 2 rings (SSSR count). The van der Waals surface area contributed by atoms with E-state index >= 15 is 0 Å². The third kappa shape index (κ3) is 3.64. The van der Waals surface area contributed by atoms with Crippen LogP contribution in [-0.4, -0.2) is 23.4 Å². The van der Waals surface area contributed by atoms with Crippen LogP contribution in [-0.2, 0) is 13.0 Å². The second-order valence-corrected chi connectivity index (χ2v) is 5.15. The molecular formula is C17H25N3O. The maximum absolute atomic E-state index is 5.51. The summed E-state index contributed by atoms with van der Waals surface area (Å²) in [7, 11) is 1.72. The lowest BCUT2D eigenvalue weighted by molar-refractivity contribution is 0.397. The zero-order valence-corrected chi connectivity index (χ0v) is 13.4. The van der Waals surface area contributed by atoms with Crippen molar-refractivity contribution >= 4 is 0 Å². The minimum Gasteiger partial charge on any atom is -0.496 e. The summed E-state index contributed by atoms with van der Waals surface area (Å²) >= 11 is 0. The fraction of sp³-hybridized carbons (Fsp3) is 0.471. The van der Waals surface area contributed by atoms with Crippen LogP contribution in [0.3, 0.4) is 0 Å². The molecule has 1 unspecified atom stereocenters. The highest BCUT2D eigenvalue weighted by Gasteiger charge is 2.17. The Kier molecular flexibility index (Phi) is 5.39. The SMILES string of the molecule is CCNC(Cc1cc(C)nn1CC)c1ccccc1OC. The molecule has 0 amide bonds. The summed E-state index contributed by atoms with van der Waals surface area (Å²) in [4.78, 5) is 0. The molecule has 4 heteroatoms. The number of ether oxygens (including phenoxy) is 1. The number of likely N-dealkylation sites (N-methyl/N-ethyl adjacent to an activating group) is 1. The number of aryl methyl sites for hydroxylation is 2. The Morgan fingerprint density at radius 1 is 1.29 bits per heavy atom. The zero-order chi connectivity index (χ0) is 15.2. The number of hydrogen-bond donors (Lipinski definition) is 1. The van der Waals surface area contributed by atoms with Crippen LogP contribution in [0.5, 0.6) is 5.75 Å². The first-order chi connectivity index (χ1) is 10.2. The summed E-state index contributed by atoms with van der Waals surface area (Å²) in [6.07, 6.45) is 0.906. The van der Waals surface area contributed by atoms with Crippen LogP contribution in [0, 0.1) is 6.92 Å². The highest BCUT2D eigenvalue weighted by molar-refractivity contribution is 5.36. The van der Waals surface area contributed by atoms with Gasteiger partial charge in [0.2, 0.25) is 0 Å². The Labute approximate surface area is 127 Å². The van der Waals surface area contributed by atoms with Crippen molar-refractivity contribution in [2.75, 3.05) is 13.7 Å². The minimum absolute atomic E-state index is 0.229. The van der Waals surface area contributed by atoms with Gasteiger partial charge in [0.25, 0.3) is 0 Å². The van der Waals surface area contributed by atoms with E-state index in [1.165, 1.54) is 11.3 Å². The second kappa shape index (κ2) is 7.27. The number of para-hydroxylation sites is 1. The first-order valence-corrected chi connectivity index (χ1v) is 7.59. The van der Waals surface area contributed by atoms with Gasteiger partial charge in [0.05, 0.1) is 12.8 Å². The molecule has 1 aromatic heterocycles. The van der Waals surface area contributed by atoms with Crippen LogP contribution in [0.25, 0.3) is 0 Å². The number of hydrogen-bond acceptors (Lipinski definition) is 3. The summed E-state index contributed by atoms with van der Waals surface area (Å²) in [5.41, 5.74) is 3.53. The molecular weight excluding hydrogens is 262 g/mol. The van der Waals surface area contributed by atoms with Gasteiger partial charge < -0.3 is 10.1 Å². The van der Waals surface area contributed by atoms with Crippen LogP contribution < -0.4 is 10.1 Å². The van der Waals surface area contributed by atoms with Gasteiger partial charge in [-0.05, 0) is 32.5 Å². The van der Waals surface area contributed by atoms with E-state index in [0.717, 1.165) is 31.0 Å². The molecule has 0 spiro atoms. The molecule has 2 aromatic rings. The van der Waals surface area contributed by atoms with E-state index in [4.69, 9.17) is 4.74 Å². The standard InChI is InChI=1S/C17H25N3O/c1-5-18-16(15-9-7-8-10-17(15)21-4)12-14-11-13(3)19-20(14)6-2/h7-11,16,18H,5-6,12H2,1-4H3. The number of nitrogens with one attached hydrogen (secondary N) is 1. The van der Waals surface area contributed by atoms with Crippen LogP contribution in [0.1, 0.15) is 36.8 Å². The maximum atomic E-state index is 5.51. The average molecular weight is 287 g/mol. The average Bonchev–Trinajstić information content (AvgIpc) is 2.86. The van der Waals surface area contributed by atoms with E-state index < -0.39 is 0 Å². The highest BCUT2D eigenvalue weighted by Crippen LogP contribution is 2.27. The summed E-state index contributed by atoms with van der Waals surface area (Å²) < 4.78 is 7.59. The number of benzene rings is 1. The summed E-state index contributed by atoms with van der Waals surface area (Å²) in [5, 5.41) is 8.10. The first kappa shape index (κ1) is 15.6. The molecule has 0 fully saturated rings. The fourth-order valence-corrected chi connectivity index (χ4v) is 2.74. The number of aromatic nitrogens is 2. The Morgan fingerprint density at radius 2 is 2.05 bits per heavy atom. The van der Waals surface area contributed by atoms with E-state index in [9.17, 15) is 0 Å². The molecule has 0 saturated heterocycles. The van der Waals surface area contributed by atoms with Crippen molar-refractivity contribution < 1.29 is 4.74 Å². The molecule has 0 saturated carbocycles. The number of nitrogens with zero attached hydrogens (tertiary/aromatic N) is 2. The normalized spacial score (nSPS) is 12.4. The van der Waals surface area contributed by atoms with E-state index in [2.05, 4.69) is 47.1 Å². The first-order valence-electron chi connectivity index (χ1n) is 7.59. The minimum atomic E-state index is 0.229. The monoisotopic (exact) mass is 287 g/mol. The number of methoxy groups -OCH3 is 1. The smallest absolute Gasteiger partial charge is 0.123 e. The molecule has 1 heterocycles. The van der Waals surface area contributed by atoms with E-state index in [-0.39, 0.29) is 6.04 Å². The van der Waals surface area contributed by atoms with Gasteiger partial charge in [0, 0.05) is 30.3 Å². The fourth-order valence-electron chi connectivity index (χ4n) is 2.74. The van der Waals surface area contributed by atoms with E-state index in [1.807, 2.05) is 19.1 Å². The van der Waals surface area contributed by atoms with Crippen LogP contribution in [0.2, 0.25) is 0 Å². The van der Waals surface area contributed by atoms with Crippen molar-refractivity contribution in [1.82, 2.24) is 15.1 Å². The van der Waals surface area contributed by atoms with Gasteiger partial charge in [0.1, 0.15) is 5.75 Å². The molecule has 114 valence electrons. The third-order valence-corrected chi connectivity index (χ3v) is 3.66. The van der Waals surface area contributed by atoms with Crippen molar-refractivity contribution in [3.05, 3.63) is 47.3 Å². The molecule has 0 radical (unpaired) electrons. The van der Waals surface area contributed by atoms with Gasteiger partial charge in [0.15, 0.2) is 0 Å². The van der Waals surface area contributed by atoms with Crippen LogP contribution >= 0.6 is 0 Å². The molecule has 21 heavy (non-hydrogen) atoms. The highest BCUT2D eigenvalue weighted by atomic mass is 16.5. The third-order valence-electron chi connectivity index (χ3n) is 3.66. The largest absolute Gasteiger partial charge is 0.496 e. The lowest BCUT2D eigenvalue weighted by atomic mass is 10.0. The Hall–Kier alpha value is -1.81. The van der Waals surface area contributed by atoms with Crippen LogP contribution in [0.15, 0.2) is 30.3 Å². The molecule has 1 atom stereocenters. The van der Waals surface area contributed by atoms with Crippen LogP contribution in [0.4, 0.5) is 0 Å². The van der Waals surface area contributed by atoms with Crippen molar-refractivity contribution in [3.8, 4) is 5.75 Å². The Bertz CT molecular complexity index is 577. The van der Waals surface area contributed by atoms with Gasteiger partial charge in [-0.1, -0.05) is 25.1 Å². The molecule has 0 bridgehead atoms. The Morgan fingerprint density at radius 3 is 2.71 bits per heavy atom. The van der Waals surface area contributed by atoms with Gasteiger partial charge in [-0.2, -0.15) is 5.10 Å². The van der Waals surface area contributed by atoms with Gasteiger partial charge >= 0.3 is 0 Å². The quantitative estimate of drug-likeness (QED) is 0.850. The zero-order valence-electron chi connectivity index (χ0n) is 13.4. The Balaban J connectivity index is 2.30. The second-order valence-electron chi connectivity index (χ2n) is 5.15. The van der Waals surface area contributed by atoms with Crippen molar-refractivity contribution in [3.63, 3.8) is 0 Å². The molecule has 1 N–H and O–H groups in total. The predicted molar refractivity (Wildman–Crippen MR) is 85.8 cm³/mol. The summed E-state index contributed by atoms with van der Waals surface area (Å²) in [6.45, 7) is 8.11. The van der Waals surface area contributed by atoms with Crippen molar-refractivity contribution in [2.24, 2.45) is 0 Å². The molecule has 1 aromatic carbocycles. The molecule has 0 aliphatic heterocycles. The van der Waals surface area contributed by atoms with Crippen molar-refractivity contribution in [1.29, 1.82) is 0 Å². The predicted octanol–water partition coefficient (Wildman–Crippen LogP) is 3.11. The maximum Gasteiger partial charge on any atom is 0.123 e. The summed E-state index contributed by atoms with van der Waals surface area (Å²) in [6, 6.07) is 10.6. The van der Waals surface area contributed by atoms with Crippen molar-refractivity contribution in [2.45, 2.75) is 39.8 Å². The molecule has 4 nitrogen and oxygen atoms in total. The van der Waals surface area contributed by atoms with Gasteiger partial charge in [-0.15, -0.1) is 0 Å². The lowest BCUT2D eigenvalue weighted by Gasteiger charge is -2.21. The van der Waals surface area contributed by atoms with E-state index in [1.54, 1.807) is 7.11 Å². The number of rotatable bonds is 7. The lowest BCUT2D eigenvalue weighted by Crippen LogP contribution is -2.24. The van der Waals surface area contributed by atoms with E-state index in [0.29, 0.717) is 0 Å². The van der Waals surface area contributed by atoms with Gasteiger partial charge in [-0.25, -0.2) is 0 Å².